The summed E-state index contributed by atoms with van der Waals surface area (Å²) in [6, 6.07) is 3.45. The highest BCUT2D eigenvalue weighted by Gasteiger charge is 2.27. The van der Waals surface area contributed by atoms with Crippen molar-refractivity contribution in [2.75, 3.05) is 13.1 Å². The third-order valence-corrected chi connectivity index (χ3v) is 3.02. The van der Waals surface area contributed by atoms with Gasteiger partial charge >= 0.3 is 0 Å². The summed E-state index contributed by atoms with van der Waals surface area (Å²) in [6.45, 7) is 1.10. The Morgan fingerprint density at radius 1 is 1.47 bits per heavy atom. The standard InChI is InChI=1S/C12H15N3O2/c13-11(16)10-4-2-6-15(8-10)12(17)9-3-1-5-14-7-9/h1,3,5,7,10H,2,4,6,8H2,(H2,13,16). The molecule has 1 aromatic heterocycles. The number of piperidine rings is 1. The van der Waals surface area contributed by atoms with Gasteiger partial charge in [0.25, 0.3) is 5.91 Å². The largest absolute Gasteiger partial charge is 0.369 e. The summed E-state index contributed by atoms with van der Waals surface area (Å²) in [6.07, 6.45) is 4.75. The average molecular weight is 233 g/mol. The molecule has 1 aliphatic rings. The smallest absolute Gasteiger partial charge is 0.255 e. The maximum absolute atomic E-state index is 12.1. The zero-order chi connectivity index (χ0) is 12.3. The van der Waals surface area contributed by atoms with Gasteiger partial charge in [0.1, 0.15) is 0 Å². The molecule has 1 saturated heterocycles. The van der Waals surface area contributed by atoms with Gasteiger partial charge in [-0.1, -0.05) is 0 Å². The Bertz CT molecular complexity index is 419. The Hall–Kier alpha value is -1.91. The van der Waals surface area contributed by atoms with Crippen molar-refractivity contribution in [1.29, 1.82) is 0 Å². The lowest BCUT2D eigenvalue weighted by atomic mass is 9.97. The number of pyridine rings is 1. The molecule has 90 valence electrons. The van der Waals surface area contributed by atoms with E-state index in [1.54, 1.807) is 23.2 Å². The number of aromatic nitrogens is 1. The van der Waals surface area contributed by atoms with Gasteiger partial charge < -0.3 is 10.6 Å². The molecule has 0 aliphatic carbocycles. The highest BCUT2D eigenvalue weighted by Crippen LogP contribution is 2.17. The Kier molecular flexibility index (Phi) is 3.37. The molecule has 1 aliphatic heterocycles. The van der Waals surface area contributed by atoms with Crippen molar-refractivity contribution in [2.45, 2.75) is 12.8 Å². The lowest BCUT2D eigenvalue weighted by Crippen LogP contribution is -2.44. The number of hydrogen-bond donors (Lipinski definition) is 1. The molecule has 2 heterocycles. The first-order valence-electron chi connectivity index (χ1n) is 5.67. The minimum atomic E-state index is -0.325. The van der Waals surface area contributed by atoms with Crippen LogP contribution in [0.4, 0.5) is 0 Å². The van der Waals surface area contributed by atoms with Crippen LogP contribution in [0, 0.1) is 5.92 Å². The summed E-state index contributed by atoms with van der Waals surface area (Å²) in [4.78, 5) is 28.8. The van der Waals surface area contributed by atoms with Crippen LogP contribution in [0.1, 0.15) is 23.2 Å². The van der Waals surface area contributed by atoms with Crippen LogP contribution in [0.3, 0.4) is 0 Å². The molecular weight excluding hydrogens is 218 g/mol. The maximum Gasteiger partial charge on any atom is 0.255 e. The van der Waals surface area contributed by atoms with Crippen LogP contribution >= 0.6 is 0 Å². The molecule has 1 unspecified atom stereocenters. The van der Waals surface area contributed by atoms with Crippen molar-refractivity contribution < 1.29 is 9.59 Å². The predicted molar refractivity (Wildman–Crippen MR) is 62.1 cm³/mol. The molecule has 1 atom stereocenters. The van der Waals surface area contributed by atoms with Crippen LogP contribution in [0.5, 0.6) is 0 Å². The van der Waals surface area contributed by atoms with Gasteiger partial charge in [-0.05, 0) is 25.0 Å². The van der Waals surface area contributed by atoms with E-state index in [2.05, 4.69) is 4.98 Å². The molecule has 2 rings (SSSR count). The summed E-state index contributed by atoms with van der Waals surface area (Å²) in [5.74, 6) is -0.623. The number of likely N-dealkylation sites (tertiary alicyclic amines) is 1. The van der Waals surface area contributed by atoms with Gasteiger partial charge in [-0.15, -0.1) is 0 Å². The first-order valence-corrected chi connectivity index (χ1v) is 5.67. The molecule has 0 radical (unpaired) electrons. The molecule has 5 heteroatoms. The summed E-state index contributed by atoms with van der Waals surface area (Å²) in [7, 11) is 0. The first-order chi connectivity index (χ1) is 8.18. The number of carbonyl (C=O) groups is 2. The van der Waals surface area contributed by atoms with E-state index in [0.29, 0.717) is 18.7 Å². The van der Waals surface area contributed by atoms with Gasteiger partial charge in [0.15, 0.2) is 0 Å². The molecule has 2 N–H and O–H groups in total. The van der Waals surface area contributed by atoms with Crippen molar-refractivity contribution in [3.05, 3.63) is 30.1 Å². The van der Waals surface area contributed by atoms with Gasteiger partial charge in [-0.3, -0.25) is 14.6 Å². The van der Waals surface area contributed by atoms with E-state index >= 15 is 0 Å². The minimum Gasteiger partial charge on any atom is -0.369 e. The Labute approximate surface area is 99.6 Å². The zero-order valence-electron chi connectivity index (χ0n) is 9.50. The number of rotatable bonds is 2. The normalized spacial score (nSPS) is 20.0. The SMILES string of the molecule is NC(=O)C1CCCN(C(=O)c2cccnc2)C1. The number of amides is 2. The van der Waals surface area contributed by atoms with Gasteiger partial charge in [0.05, 0.1) is 11.5 Å². The molecule has 0 bridgehead atoms. The van der Waals surface area contributed by atoms with Gasteiger partial charge in [-0.25, -0.2) is 0 Å². The predicted octanol–water partition coefficient (Wildman–Crippen LogP) is 0.419. The number of primary amides is 1. The molecule has 1 aromatic rings. The number of carbonyl (C=O) groups excluding carboxylic acids is 2. The maximum atomic E-state index is 12.1. The van der Waals surface area contributed by atoms with Crippen LogP contribution < -0.4 is 5.73 Å². The molecule has 2 amide bonds. The van der Waals surface area contributed by atoms with E-state index in [9.17, 15) is 9.59 Å². The molecule has 17 heavy (non-hydrogen) atoms. The third-order valence-electron chi connectivity index (χ3n) is 3.02. The van der Waals surface area contributed by atoms with Crippen molar-refractivity contribution in [1.82, 2.24) is 9.88 Å². The van der Waals surface area contributed by atoms with Crippen LogP contribution in [-0.4, -0.2) is 34.8 Å². The molecule has 0 spiro atoms. The monoisotopic (exact) mass is 233 g/mol. The van der Waals surface area contributed by atoms with Gasteiger partial charge in [-0.2, -0.15) is 0 Å². The fraction of sp³-hybridized carbons (Fsp3) is 0.417. The second-order valence-corrected chi connectivity index (χ2v) is 4.23. The van der Waals surface area contributed by atoms with E-state index in [0.717, 1.165) is 12.8 Å². The fourth-order valence-corrected chi connectivity index (χ4v) is 2.07. The van der Waals surface area contributed by atoms with Crippen molar-refractivity contribution >= 4 is 11.8 Å². The summed E-state index contributed by atoms with van der Waals surface area (Å²) in [5.41, 5.74) is 5.83. The molecule has 0 saturated carbocycles. The highest BCUT2D eigenvalue weighted by atomic mass is 16.2. The van der Waals surface area contributed by atoms with Crippen LogP contribution in [-0.2, 0) is 4.79 Å². The number of nitrogens with two attached hydrogens (primary N) is 1. The van der Waals surface area contributed by atoms with Gasteiger partial charge in [0, 0.05) is 25.5 Å². The molecule has 0 aromatic carbocycles. The fourth-order valence-electron chi connectivity index (χ4n) is 2.07. The van der Waals surface area contributed by atoms with Crippen molar-refractivity contribution in [3.63, 3.8) is 0 Å². The quantitative estimate of drug-likeness (QED) is 0.804. The Balaban J connectivity index is 2.07. The van der Waals surface area contributed by atoms with Crippen LogP contribution in [0.15, 0.2) is 24.5 Å². The lowest BCUT2D eigenvalue weighted by Gasteiger charge is -2.31. The van der Waals surface area contributed by atoms with E-state index in [1.165, 1.54) is 6.20 Å². The zero-order valence-corrected chi connectivity index (χ0v) is 9.50. The summed E-state index contributed by atoms with van der Waals surface area (Å²) >= 11 is 0. The first kappa shape index (κ1) is 11.6. The minimum absolute atomic E-state index is 0.0796. The summed E-state index contributed by atoms with van der Waals surface area (Å²) < 4.78 is 0. The highest BCUT2D eigenvalue weighted by molar-refractivity contribution is 5.94. The molecule has 1 fully saturated rings. The summed E-state index contributed by atoms with van der Waals surface area (Å²) in [5, 5.41) is 0. The number of hydrogen-bond acceptors (Lipinski definition) is 3. The Morgan fingerprint density at radius 2 is 2.29 bits per heavy atom. The van der Waals surface area contributed by atoms with E-state index < -0.39 is 0 Å². The van der Waals surface area contributed by atoms with Crippen LogP contribution in [0.2, 0.25) is 0 Å². The third kappa shape index (κ3) is 2.61. The molecule has 5 nitrogen and oxygen atoms in total. The van der Waals surface area contributed by atoms with Crippen LogP contribution in [0.25, 0.3) is 0 Å². The van der Waals surface area contributed by atoms with E-state index in [4.69, 9.17) is 5.73 Å². The molecular formula is C12H15N3O2. The Morgan fingerprint density at radius 3 is 2.94 bits per heavy atom. The second-order valence-electron chi connectivity index (χ2n) is 4.23. The topological polar surface area (TPSA) is 76.3 Å². The second kappa shape index (κ2) is 4.95. The average Bonchev–Trinajstić information content (AvgIpc) is 2.39. The van der Waals surface area contributed by atoms with Gasteiger partial charge in [0.2, 0.25) is 5.91 Å². The van der Waals surface area contributed by atoms with Crippen molar-refractivity contribution in [2.24, 2.45) is 11.7 Å². The van der Waals surface area contributed by atoms with E-state index in [1.807, 2.05) is 0 Å². The van der Waals surface area contributed by atoms with E-state index in [-0.39, 0.29) is 17.7 Å². The number of nitrogens with zero attached hydrogens (tertiary/aromatic N) is 2. The lowest BCUT2D eigenvalue weighted by molar-refractivity contribution is -0.123. The van der Waals surface area contributed by atoms with Crippen molar-refractivity contribution in [3.8, 4) is 0 Å².